The molecule has 1 aromatic rings. The van der Waals surface area contributed by atoms with Crippen molar-refractivity contribution >= 4 is 5.97 Å². The number of likely N-dealkylation sites (tertiary alicyclic amines) is 1. The van der Waals surface area contributed by atoms with Crippen LogP contribution in [0, 0.1) is 5.92 Å². The van der Waals surface area contributed by atoms with Gasteiger partial charge in [-0.3, -0.25) is 9.69 Å². The van der Waals surface area contributed by atoms with E-state index in [1.54, 1.807) is 7.11 Å². The molecule has 0 amide bonds. The smallest absolute Gasteiger partial charge is 0.321 e. The molecule has 1 fully saturated rings. The first kappa shape index (κ1) is 14.0. The maximum Gasteiger partial charge on any atom is 0.321 e. The molecule has 1 N–H and O–H groups in total. The lowest BCUT2D eigenvalue weighted by Gasteiger charge is -2.23. The van der Waals surface area contributed by atoms with Gasteiger partial charge in [0.05, 0.1) is 7.11 Å². The Labute approximate surface area is 123 Å². The van der Waals surface area contributed by atoms with E-state index in [1.165, 1.54) is 0 Å². The number of hydrogen-bond acceptors (Lipinski definition) is 5. The second kappa shape index (κ2) is 5.44. The molecule has 2 unspecified atom stereocenters. The molecule has 0 aliphatic carbocycles. The zero-order valence-electron chi connectivity index (χ0n) is 12.2. The van der Waals surface area contributed by atoms with Crippen molar-refractivity contribution in [1.29, 1.82) is 0 Å². The molecule has 2 aliphatic heterocycles. The van der Waals surface area contributed by atoms with E-state index in [4.69, 9.17) is 14.2 Å². The van der Waals surface area contributed by atoms with E-state index < -0.39 is 12.0 Å². The minimum Gasteiger partial charge on any atom is -0.493 e. The first-order chi connectivity index (χ1) is 10.1. The van der Waals surface area contributed by atoms with Gasteiger partial charge in [-0.05, 0) is 36.6 Å². The molecule has 6 nitrogen and oxygen atoms in total. The monoisotopic (exact) mass is 293 g/mol. The fourth-order valence-electron chi connectivity index (χ4n) is 3.11. The van der Waals surface area contributed by atoms with E-state index >= 15 is 0 Å². The van der Waals surface area contributed by atoms with Gasteiger partial charge in [0.2, 0.25) is 12.5 Å². The van der Waals surface area contributed by atoms with Gasteiger partial charge in [-0.25, -0.2) is 0 Å². The predicted octanol–water partition coefficient (Wildman–Crippen LogP) is 1.72. The molecule has 2 aliphatic rings. The summed E-state index contributed by atoms with van der Waals surface area (Å²) in [5.74, 6) is 1.31. The maximum atomic E-state index is 11.4. The summed E-state index contributed by atoms with van der Waals surface area (Å²) in [6.07, 6.45) is 0.901. The average molecular weight is 293 g/mol. The Morgan fingerprint density at radius 1 is 1.48 bits per heavy atom. The standard InChI is InChI=1S/C15H19NO5/c1-9-3-4-16(13(9)15(17)18)7-10-5-11(19-2)14-12(6-10)20-8-21-14/h5-6,9,13H,3-4,7-8H2,1-2H3,(H,17,18). The Morgan fingerprint density at radius 3 is 3.00 bits per heavy atom. The lowest BCUT2D eigenvalue weighted by atomic mass is 10.0. The second-order valence-corrected chi connectivity index (χ2v) is 5.55. The Kier molecular flexibility index (Phi) is 3.63. The predicted molar refractivity (Wildman–Crippen MR) is 74.7 cm³/mol. The lowest BCUT2D eigenvalue weighted by Crippen LogP contribution is -2.38. The Bertz CT molecular complexity index is 559. The molecular weight excluding hydrogens is 274 g/mol. The van der Waals surface area contributed by atoms with Gasteiger partial charge in [0.25, 0.3) is 0 Å². The van der Waals surface area contributed by atoms with Crippen LogP contribution in [0.2, 0.25) is 0 Å². The Balaban J connectivity index is 1.84. The highest BCUT2D eigenvalue weighted by Crippen LogP contribution is 2.42. The summed E-state index contributed by atoms with van der Waals surface area (Å²) < 4.78 is 16.1. The second-order valence-electron chi connectivity index (χ2n) is 5.55. The van der Waals surface area contributed by atoms with Crippen LogP contribution in [0.25, 0.3) is 0 Å². The minimum absolute atomic E-state index is 0.165. The summed E-state index contributed by atoms with van der Waals surface area (Å²) in [6, 6.07) is 3.35. The van der Waals surface area contributed by atoms with E-state index in [0.717, 1.165) is 18.5 Å². The van der Waals surface area contributed by atoms with Crippen molar-refractivity contribution in [3.63, 3.8) is 0 Å². The van der Waals surface area contributed by atoms with Crippen molar-refractivity contribution in [3.8, 4) is 17.2 Å². The summed E-state index contributed by atoms with van der Waals surface area (Å²) in [5, 5.41) is 9.38. The first-order valence-electron chi connectivity index (χ1n) is 7.03. The van der Waals surface area contributed by atoms with Crippen molar-refractivity contribution in [2.45, 2.75) is 25.9 Å². The fraction of sp³-hybridized carbons (Fsp3) is 0.533. The molecule has 0 radical (unpaired) electrons. The molecule has 0 spiro atoms. The Morgan fingerprint density at radius 2 is 2.29 bits per heavy atom. The minimum atomic E-state index is -0.757. The van der Waals surface area contributed by atoms with Gasteiger partial charge in [-0.1, -0.05) is 6.92 Å². The topological polar surface area (TPSA) is 68.2 Å². The molecule has 2 heterocycles. The van der Waals surface area contributed by atoms with E-state index in [9.17, 15) is 9.90 Å². The van der Waals surface area contributed by atoms with Crippen LogP contribution in [0.15, 0.2) is 12.1 Å². The quantitative estimate of drug-likeness (QED) is 0.911. The lowest BCUT2D eigenvalue weighted by molar-refractivity contribution is -0.143. The maximum absolute atomic E-state index is 11.4. The SMILES string of the molecule is COc1cc(CN2CCC(C)C2C(=O)O)cc2c1OCO2. The number of nitrogens with zero attached hydrogens (tertiary/aromatic N) is 1. The molecule has 21 heavy (non-hydrogen) atoms. The summed E-state index contributed by atoms with van der Waals surface area (Å²) in [4.78, 5) is 13.4. The van der Waals surface area contributed by atoms with Gasteiger partial charge in [-0.2, -0.15) is 0 Å². The normalized spacial score (nSPS) is 24.3. The summed E-state index contributed by atoms with van der Waals surface area (Å²) in [5.41, 5.74) is 0.969. The van der Waals surface area contributed by atoms with Crippen LogP contribution >= 0.6 is 0 Å². The van der Waals surface area contributed by atoms with Gasteiger partial charge in [0, 0.05) is 6.54 Å². The van der Waals surface area contributed by atoms with Crippen molar-refractivity contribution < 1.29 is 24.1 Å². The highest BCUT2D eigenvalue weighted by Gasteiger charge is 2.36. The number of methoxy groups -OCH3 is 1. The van der Waals surface area contributed by atoms with Gasteiger partial charge in [0.15, 0.2) is 11.5 Å². The third kappa shape index (κ3) is 2.51. The van der Waals surface area contributed by atoms with E-state index in [-0.39, 0.29) is 12.7 Å². The average Bonchev–Trinajstić information content (AvgIpc) is 3.04. The fourth-order valence-corrected chi connectivity index (χ4v) is 3.11. The van der Waals surface area contributed by atoms with Crippen LogP contribution in [0.3, 0.4) is 0 Å². The molecule has 0 bridgehead atoms. The van der Waals surface area contributed by atoms with Gasteiger partial charge in [0.1, 0.15) is 6.04 Å². The number of ether oxygens (including phenoxy) is 3. The summed E-state index contributed by atoms with van der Waals surface area (Å²) in [6.45, 7) is 3.52. The van der Waals surface area contributed by atoms with Crippen LogP contribution in [-0.2, 0) is 11.3 Å². The number of fused-ring (bicyclic) bond motifs is 1. The number of hydrogen-bond donors (Lipinski definition) is 1. The number of rotatable bonds is 4. The molecule has 6 heteroatoms. The third-order valence-corrected chi connectivity index (χ3v) is 4.16. The molecule has 1 saturated heterocycles. The van der Waals surface area contributed by atoms with Crippen LogP contribution in [0.1, 0.15) is 18.9 Å². The van der Waals surface area contributed by atoms with E-state index in [0.29, 0.717) is 23.8 Å². The van der Waals surface area contributed by atoms with Crippen molar-refractivity contribution in [2.75, 3.05) is 20.4 Å². The van der Waals surface area contributed by atoms with Crippen molar-refractivity contribution in [1.82, 2.24) is 4.90 Å². The Hall–Kier alpha value is -1.95. The number of benzene rings is 1. The summed E-state index contributed by atoms with van der Waals surface area (Å²) >= 11 is 0. The summed E-state index contributed by atoms with van der Waals surface area (Å²) in [7, 11) is 1.58. The molecular formula is C15H19NO5. The highest BCUT2D eigenvalue weighted by atomic mass is 16.7. The molecule has 114 valence electrons. The van der Waals surface area contributed by atoms with Crippen LogP contribution in [0.5, 0.6) is 17.2 Å². The van der Waals surface area contributed by atoms with Crippen LogP contribution in [0.4, 0.5) is 0 Å². The van der Waals surface area contributed by atoms with E-state index in [2.05, 4.69) is 0 Å². The molecule has 3 rings (SSSR count). The zero-order chi connectivity index (χ0) is 15.0. The zero-order valence-corrected chi connectivity index (χ0v) is 12.2. The first-order valence-corrected chi connectivity index (χ1v) is 7.03. The number of aliphatic carboxylic acids is 1. The molecule has 1 aromatic carbocycles. The number of carboxylic acids is 1. The largest absolute Gasteiger partial charge is 0.493 e. The number of carboxylic acid groups (broad SMARTS) is 1. The van der Waals surface area contributed by atoms with E-state index in [1.807, 2.05) is 24.0 Å². The number of carbonyl (C=O) groups is 1. The van der Waals surface area contributed by atoms with Crippen LogP contribution < -0.4 is 14.2 Å². The third-order valence-electron chi connectivity index (χ3n) is 4.16. The van der Waals surface area contributed by atoms with Crippen molar-refractivity contribution in [2.24, 2.45) is 5.92 Å². The van der Waals surface area contributed by atoms with Crippen LogP contribution in [-0.4, -0.2) is 42.5 Å². The highest BCUT2D eigenvalue weighted by molar-refractivity contribution is 5.74. The van der Waals surface area contributed by atoms with Gasteiger partial charge < -0.3 is 19.3 Å². The van der Waals surface area contributed by atoms with Crippen molar-refractivity contribution in [3.05, 3.63) is 17.7 Å². The molecule has 0 saturated carbocycles. The van der Waals surface area contributed by atoms with Gasteiger partial charge in [-0.15, -0.1) is 0 Å². The molecule has 2 atom stereocenters. The molecule has 0 aromatic heterocycles. The van der Waals surface area contributed by atoms with Gasteiger partial charge >= 0.3 is 5.97 Å².